The summed E-state index contributed by atoms with van der Waals surface area (Å²) in [5.41, 5.74) is 4.41. The second-order valence-electron chi connectivity index (χ2n) is 6.92. The van der Waals surface area contributed by atoms with Crippen molar-refractivity contribution < 1.29 is 10.2 Å². The topological polar surface area (TPSA) is 66.2 Å². The maximum Gasteiger partial charge on any atom is 0.160 e. The monoisotopic (exact) mass is 320 g/mol. The van der Waals surface area contributed by atoms with Crippen molar-refractivity contribution in [1.29, 1.82) is 0 Å². The van der Waals surface area contributed by atoms with Gasteiger partial charge in [0.1, 0.15) is 5.75 Å². The van der Waals surface area contributed by atoms with Crippen LogP contribution in [0.4, 0.5) is 0 Å². The van der Waals surface area contributed by atoms with Crippen LogP contribution in [0, 0.1) is 13.8 Å². The normalized spacial score (nSPS) is 15.6. The number of aliphatic hydroxyl groups is 1. The molecule has 4 heteroatoms. The minimum absolute atomic E-state index is 0.239. The molecule has 0 spiro atoms. The lowest BCUT2D eigenvalue weighted by molar-refractivity contribution is 0.150. The Hall–Kier alpha value is -2.46. The second kappa shape index (κ2) is 5.28. The Morgan fingerprint density at radius 3 is 2.50 bits per heavy atom. The zero-order chi connectivity index (χ0) is 16.9. The van der Waals surface area contributed by atoms with Crippen LogP contribution in [0.2, 0.25) is 0 Å². The Morgan fingerprint density at radius 1 is 1.04 bits per heavy atom. The predicted molar refractivity (Wildman–Crippen MR) is 94.0 cm³/mol. The Bertz CT molecular complexity index is 923. The summed E-state index contributed by atoms with van der Waals surface area (Å²) in [6.45, 7) is 3.93. The summed E-state index contributed by atoms with van der Waals surface area (Å²) in [6, 6.07) is 11.6. The lowest BCUT2D eigenvalue weighted by atomic mass is 10.0. The summed E-state index contributed by atoms with van der Waals surface area (Å²) in [5.74, 6) is 0.239. The Balaban J connectivity index is 1.79. The predicted octanol–water partition coefficient (Wildman–Crippen LogP) is 3.69. The molecule has 4 nitrogen and oxygen atoms in total. The number of rotatable bonds is 3. The first-order chi connectivity index (χ1) is 11.4. The van der Waals surface area contributed by atoms with Crippen LogP contribution in [-0.4, -0.2) is 25.8 Å². The van der Waals surface area contributed by atoms with Gasteiger partial charge in [0.25, 0.3) is 0 Å². The van der Waals surface area contributed by atoms with Crippen molar-refractivity contribution >= 4 is 11.0 Å². The maximum atomic E-state index is 10.3. The number of aromatic nitrogens is 2. The molecular formula is C20H20N2O2. The first-order valence-electron chi connectivity index (χ1n) is 8.23. The zero-order valence-corrected chi connectivity index (χ0v) is 13.9. The highest BCUT2D eigenvalue weighted by Crippen LogP contribution is 2.38. The minimum atomic E-state index is -0.565. The molecule has 0 saturated heterocycles. The van der Waals surface area contributed by atoms with Crippen molar-refractivity contribution in [3.63, 3.8) is 0 Å². The van der Waals surface area contributed by atoms with Gasteiger partial charge in [0.2, 0.25) is 0 Å². The number of aryl methyl sites for hydroxylation is 2. The average Bonchev–Trinajstić information content (AvgIpc) is 3.23. The molecule has 1 aliphatic rings. The molecule has 0 unspecified atom stereocenters. The molecular weight excluding hydrogens is 300 g/mol. The van der Waals surface area contributed by atoms with Crippen molar-refractivity contribution in [2.75, 3.05) is 0 Å². The molecule has 0 radical (unpaired) electrons. The molecule has 122 valence electrons. The van der Waals surface area contributed by atoms with Crippen LogP contribution in [0.1, 0.15) is 29.7 Å². The van der Waals surface area contributed by atoms with Gasteiger partial charge in [0, 0.05) is 23.1 Å². The molecule has 1 saturated carbocycles. The van der Waals surface area contributed by atoms with E-state index in [0.717, 1.165) is 40.6 Å². The quantitative estimate of drug-likeness (QED) is 0.772. The van der Waals surface area contributed by atoms with Crippen molar-refractivity contribution in [3.8, 4) is 17.0 Å². The van der Waals surface area contributed by atoms with Crippen molar-refractivity contribution in [2.24, 2.45) is 0 Å². The van der Waals surface area contributed by atoms with E-state index in [4.69, 9.17) is 0 Å². The molecule has 24 heavy (non-hydrogen) atoms. The molecule has 2 N–H and O–H groups in total. The number of hydrogen-bond acceptors (Lipinski definition) is 4. The van der Waals surface area contributed by atoms with E-state index in [-0.39, 0.29) is 5.75 Å². The average molecular weight is 320 g/mol. The molecule has 3 aromatic rings. The van der Waals surface area contributed by atoms with Crippen molar-refractivity contribution in [1.82, 2.24) is 9.97 Å². The Morgan fingerprint density at radius 2 is 1.79 bits per heavy atom. The van der Waals surface area contributed by atoms with E-state index < -0.39 is 5.60 Å². The third kappa shape index (κ3) is 2.74. The SMILES string of the molecule is Cc1cc(C)c(-c2ccc3ccc(CC4(O)CC4)nc3n2)c(O)c1. The summed E-state index contributed by atoms with van der Waals surface area (Å²) >= 11 is 0. The first-order valence-corrected chi connectivity index (χ1v) is 8.23. The third-order valence-corrected chi connectivity index (χ3v) is 4.66. The van der Waals surface area contributed by atoms with Gasteiger partial charge in [-0.15, -0.1) is 0 Å². The van der Waals surface area contributed by atoms with Gasteiger partial charge in [-0.05, 0) is 68.1 Å². The number of pyridine rings is 2. The zero-order valence-electron chi connectivity index (χ0n) is 13.9. The van der Waals surface area contributed by atoms with Gasteiger partial charge in [-0.2, -0.15) is 0 Å². The number of phenols is 1. The van der Waals surface area contributed by atoms with Crippen LogP contribution in [0.5, 0.6) is 5.75 Å². The number of aromatic hydroxyl groups is 1. The number of fused-ring (bicyclic) bond motifs is 1. The van der Waals surface area contributed by atoms with Crippen LogP contribution < -0.4 is 0 Å². The van der Waals surface area contributed by atoms with Gasteiger partial charge in [-0.1, -0.05) is 6.07 Å². The van der Waals surface area contributed by atoms with E-state index >= 15 is 0 Å². The first kappa shape index (κ1) is 15.1. The number of benzene rings is 1. The van der Waals surface area contributed by atoms with Crippen LogP contribution >= 0.6 is 0 Å². The summed E-state index contributed by atoms with van der Waals surface area (Å²) in [5, 5.41) is 21.4. The highest BCUT2D eigenvalue weighted by molar-refractivity contribution is 5.80. The molecule has 1 aliphatic carbocycles. The van der Waals surface area contributed by atoms with Crippen molar-refractivity contribution in [2.45, 2.75) is 38.7 Å². The fourth-order valence-corrected chi connectivity index (χ4v) is 3.21. The van der Waals surface area contributed by atoms with Crippen LogP contribution in [0.3, 0.4) is 0 Å². The van der Waals surface area contributed by atoms with Gasteiger partial charge in [0.05, 0.1) is 11.3 Å². The number of hydrogen-bond donors (Lipinski definition) is 2. The highest BCUT2D eigenvalue weighted by Gasteiger charge is 2.40. The summed E-state index contributed by atoms with van der Waals surface area (Å²) < 4.78 is 0. The third-order valence-electron chi connectivity index (χ3n) is 4.66. The van der Waals surface area contributed by atoms with E-state index in [1.54, 1.807) is 6.07 Å². The smallest absolute Gasteiger partial charge is 0.160 e. The van der Waals surface area contributed by atoms with E-state index in [9.17, 15) is 10.2 Å². The number of phenolic OH excluding ortho intramolecular Hbond substituents is 1. The fourth-order valence-electron chi connectivity index (χ4n) is 3.21. The van der Waals surface area contributed by atoms with Gasteiger partial charge in [-0.25, -0.2) is 9.97 Å². The summed E-state index contributed by atoms with van der Waals surface area (Å²) in [6.07, 6.45) is 2.26. The van der Waals surface area contributed by atoms with E-state index in [1.165, 1.54) is 0 Å². The summed E-state index contributed by atoms with van der Waals surface area (Å²) in [4.78, 5) is 9.27. The minimum Gasteiger partial charge on any atom is -0.507 e. The van der Waals surface area contributed by atoms with Gasteiger partial charge in [0.15, 0.2) is 5.65 Å². The molecule has 1 aromatic carbocycles. The van der Waals surface area contributed by atoms with E-state index in [2.05, 4.69) is 9.97 Å². The van der Waals surface area contributed by atoms with E-state index in [0.29, 0.717) is 17.8 Å². The standard InChI is InChI=1S/C20H20N2O2/c1-12-9-13(2)18(17(23)10-12)16-6-4-14-3-5-15(21-19(14)22-16)11-20(24)7-8-20/h3-6,9-10,23-24H,7-8,11H2,1-2H3. The second-order valence-corrected chi connectivity index (χ2v) is 6.92. The Kier molecular flexibility index (Phi) is 3.32. The maximum absolute atomic E-state index is 10.3. The summed E-state index contributed by atoms with van der Waals surface area (Å²) in [7, 11) is 0. The molecule has 0 amide bonds. The molecule has 2 heterocycles. The molecule has 2 aromatic heterocycles. The van der Waals surface area contributed by atoms with Crippen LogP contribution in [0.25, 0.3) is 22.3 Å². The van der Waals surface area contributed by atoms with Crippen LogP contribution in [0.15, 0.2) is 36.4 Å². The van der Waals surface area contributed by atoms with Gasteiger partial charge >= 0.3 is 0 Å². The van der Waals surface area contributed by atoms with Crippen LogP contribution in [-0.2, 0) is 6.42 Å². The highest BCUT2D eigenvalue weighted by atomic mass is 16.3. The molecule has 1 fully saturated rings. The van der Waals surface area contributed by atoms with Gasteiger partial charge < -0.3 is 10.2 Å². The van der Waals surface area contributed by atoms with Crippen molar-refractivity contribution in [3.05, 3.63) is 53.2 Å². The number of nitrogens with zero attached hydrogens (tertiary/aromatic N) is 2. The molecule has 0 bridgehead atoms. The van der Waals surface area contributed by atoms with Gasteiger partial charge in [-0.3, -0.25) is 0 Å². The fraction of sp³-hybridized carbons (Fsp3) is 0.300. The lowest BCUT2D eigenvalue weighted by Gasteiger charge is -2.11. The molecule has 0 aliphatic heterocycles. The Labute approximate surface area is 140 Å². The molecule has 4 rings (SSSR count). The molecule has 0 atom stereocenters. The van der Waals surface area contributed by atoms with E-state index in [1.807, 2.05) is 44.2 Å². The lowest BCUT2D eigenvalue weighted by Crippen LogP contribution is -2.11. The largest absolute Gasteiger partial charge is 0.507 e.